The molecule has 0 heterocycles. The van der Waals surface area contributed by atoms with Gasteiger partial charge < -0.3 is 14.8 Å². The summed E-state index contributed by atoms with van der Waals surface area (Å²) in [7, 11) is 1.62. The minimum absolute atomic E-state index is 0.119. The number of amides is 1. The summed E-state index contributed by atoms with van der Waals surface area (Å²) in [6.07, 6.45) is 0. The van der Waals surface area contributed by atoms with Crippen molar-refractivity contribution in [2.24, 2.45) is 0 Å². The van der Waals surface area contributed by atoms with Gasteiger partial charge in [0.15, 0.2) is 6.61 Å². The van der Waals surface area contributed by atoms with Crippen LogP contribution < -0.4 is 14.8 Å². The Labute approximate surface area is 145 Å². The highest BCUT2D eigenvalue weighted by atomic mass is 16.5. The Balaban J connectivity index is 1.65. The molecule has 0 aliphatic rings. The third-order valence-corrected chi connectivity index (χ3v) is 3.66. The van der Waals surface area contributed by atoms with Gasteiger partial charge in [-0.05, 0) is 53.2 Å². The van der Waals surface area contributed by atoms with E-state index in [0.29, 0.717) is 17.0 Å². The molecule has 0 atom stereocenters. The van der Waals surface area contributed by atoms with E-state index < -0.39 is 0 Å². The smallest absolute Gasteiger partial charge is 0.262 e. The Morgan fingerprint density at radius 3 is 2.56 bits per heavy atom. The average Bonchev–Trinajstić information content (AvgIpc) is 2.65. The largest absolute Gasteiger partial charge is 0.497 e. The number of fused-ring (bicyclic) bond motifs is 1. The van der Waals surface area contributed by atoms with Crippen molar-refractivity contribution in [2.75, 3.05) is 19.0 Å². The van der Waals surface area contributed by atoms with Crippen molar-refractivity contribution in [3.8, 4) is 17.6 Å². The lowest BCUT2D eigenvalue weighted by molar-refractivity contribution is -0.118. The predicted octanol–water partition coefficient (Wildman–Crippen LogP) is 3.74. The molecule has 0 aliphatic carbocycles. The first-order valence-electron chi connectivity index (χ1n) is 7.68. The van der Waals surface area contributed by atoms with E-state index in [4.69, 9.17) is 14.7 Å². The molecule has 0 saturated heterocycles. The number of hydrogen-bond donors (Lipinski definition) is 1. The first kappa shape index (κ1) is 16.3. The van der Waals surface area contributed by atoms with Crippen LogP contribution in [0.3, 0.4) is 0 Å². The third-order valence-electron chi connectivity index (χ3n) is 3.66. The monoisotopic (exact) mass is 332 g/mol. The fourth-order valence-corrected chi connectivity index (χ4v) is 2.43. The van der Waals surface area contributed by atoms with Crippen molar-refractivity contribution in [2.45, 2.75) is 0 Å². The molecule has 5 nitrogen and oxygen atoms in total. The van der Waals surface area contributed by atoms with E-state index in [0.717, 1.165) is 16.5 Å². The van der Waals surface area contributed by atoms with Crippen LogP contribution in [0.2, 0.25) is 0 Å². The van der Waals surface area contributed by atoms with Crippen LogP contribution in [0.15, 0.2) is 60.7 Å². The molecule has 0 spiro atoms. The summed E-state index contributed by atoms with van der Waals surface area (Å²) in [5.41, 5.74) is 1.05. The summed E-state index contributed by atoms with van der Waals surface area (Å²) in [4.78, 5) is 12.0. The molecule has 0 aliphatic heterocycles. The lowest BCUT2D eigenvalue weighted by atomic mass is 10.1. The summed E-state index contributed by atoms with van der Waals surface area (Å²) in [5.74, 6) is 1.07. The second-order valence-electron chi connectivity index (χ2n) is 5.40. The quantitative estimate of drug-likeness (QED) is 0.772. The van der Waals surface area contributed by atoms with Crippen molar-refractivity contribution < 1.29 is 14.3 Å². The molecule has 0 unspecified atom stereocenters. The SMILES string of the molecule is COc1ccc2ccc(OCC(=O)Nc3cccc(C#N)c3)cc2c1. The molecule has 5 heteroatoms. The molecule has 3 aromatic carbocycles. The normalized spacial score (nSPS) is 10.1. The molecule has 0 aromatic heterocycles. The standard InChI is InChI=1S/C20H16N2O3/c1-24-18-7-5-15-6-8-19(11-16(15)10-18)25-13-20(23)22-17-4-2-3-14(9-17)12-21/h2-11H,13H2,1H3,(H,22,23). The maximum Gasteiger partial charge on any atom is 0.262 e. The zero-order valence-corrected chi connectivity index (χ0v) is 13.7. The van der Waals surface area contributed by atoms with Gasteiger partial charge in [0.1, 0.15) is 11.5 Å². The van der Waals surface area contributed by atoms with Crippen LogP contribution in [0.5, 0.6) is 11.5 Å². The molecular formula is C20H16N2O3. The number of benzene rings is 3. The van der Waals surface area contributed by atoms with Gasteiger partial charge in [0.25, 0.3) is 5.91 Å². The summed E-state index contributed by atoms with van der Waals surface area (Å²) >= 11 is 0. The summed E-state index contributed by atoms with van der Waals surface area (Å²) in [5, 5.41) is 13.6. The Morgan fingerprint density at radius 1 is 1.04 bits per heavy atom. The Hall–Kier alpha value is -3.52. The van der Waals surface area contributed by atoms with Gasteiger partial charge in [0.05, 0.1) is 18.7 Å². The maximum absolute atomic E-state index is 12.0. The predicted molar refractivity (Wildman–Crippen MR) is 95.8 cm³/mol. The Bertz CT molecular complexity index is 961. The third kappa shape index (κ3) is 4.06. The number of ether oxygens (including phenoxy) is 2. The van der Waals surface area contributed by atoms with E-state index in [1.54, 1.807) is 31.4 Å². The van der Waals surface area contributed by atoms with Gasteiger partial charge >= 0.3 is 0 Å². The van der Waals surface area contributed by atoms with E-state index in [9.17, 15) is 4.79 Å². The first-order valence-corrected chi connectivity index (χ1v) is 7.68. The summed E-state index contributed by atoms with van der Waals surface area (Å²) in [6, 6.07) is 20.1. The number of anilines is 1. The van der Waals surface area contributed by atoms with Gasteiger partial charge in [-0.1, -0.05) is 18.2 Å². The first-order chi connectivity index (χ1) is 12.2. The summed E-state index contributed by atoms with van der Waals surface area (Å²) in [6.45, 7) is -0.119. The van der Waals surface area contributed by atoms with Crippen molar-refractivity contribution in [3.05, 3.63) is 66.2 Å². The number of carbonyl (C=O) groups is 1. The lowest BCUT2D eigenvalue weighted by Crippen LogP contribution is -2.20. The number of hydrogen-bond acceptors (Lipinski definition) is 4. The number of methoxy groups -OCH3 is 1. The fraction of sp³-hybridized carbons (Fsp3) is 0.100. The molecule has 1 amide bonds. The van der Waals surface area contributed by atoms with Gasteiger partial charge in [-0.25, -0.2) is 0 Å². The second kappa shape index (κ2) is 7.37. The van der Waals surface area contributed by atoms with Crippen LogP contribution in [0.4, 0.5) is 5.69 Å². The van der Waals surface area contributed by atoms with E-state index in [1.165, 1.54) is 0 Å². The molecule has 0 saturated carbocycles. The minimum atomic E-state index is -0.291. The molecule has 1 N–H and O–H groups in total. The van der Waals surface area contributed by atoms with E-state index in [-0.39, 0.29) is 12.5 Å². The lowest BCUT2D eigenvalue weighted by Gasteiger charge is -2.09. The topological polar surface area (TPSA) is 71.3 Å². The number of rotatable bonds is 5. The zero-order valence-electron chi connectivity index (χ0n) is 13.7. The summed E-state index contributed by atoms with van der Waals surface area (Å²) < 4.78 is 10.8. The zero-order chi connectivity index (χ0) is 17.6. The van der Waals surface area contributed by atoms with Crippen molar-refractivity contribution in [3.63, 3.8) is 0 Å². The van der Waals surface area contributed by atoms with Crippen LogP contribution in [-0.2, 0) is 4.79 Å². The van der Waals surface area contributed by atoms with Crippen LogP contribution in [0.1, 0.15) is 5.56 Å². The molecule has 124 valence electrons. The maximum atomic E-state index is 12.0. The van der Waals surface area contributed by atoms with Gasteiger partial charge in [0.2, 0.25) is 0 Å². The second-order valence-corrected chi connectivity index (χ2v) is 5.40. The van der Waals surface area contributed by atoms with E-state index in [1.807, 2.05) is 42.5 Å². The molecule has 3 rings (SSSR count). The highest BCUT2D eigenvalue weighted by molar-refractivity contribution is 5.92. The highest BCUT2D eigenvalue weighted by Crippen LogP contribution is 2.25. The van der Waals surface area contributed by atoms with Gasteiger partial charge in [0, 0.05) is 5.69 Å². The number of nitrogens with zero attached hydrogens (tertiary/aromatic N) is 1. The van der Waals surface area contributed by atoms with Gasteiger partial charge in [-0.15, -0.1) is 0 Å². The molecule has 3 aromatic rings. The number of nitriles is 1. The number of nitrogens with one attached hydrogen (secondary N) is 1. The minimum Gasteiger partial charge on any atom is -0.497 e. The number of carbonyl (C=O) groups excluding carboxylic acids is 1. The van der Waals surface area contributed by atoms with Crippen LogP contribution in [0, 0.1) is 11.3 Å². The molecule has 0 bridgehead atoms. The van der Waals surface area contributed by atoms with E-state index in [2.05, 4.69) is 5.32 Å². The Kier molecular flexibility index (Phi) is 4.82. The van der Waals surface area contributed by atoms with Crippen LogP contribution in [-0.4, -0.2) is 19.6 Å². The van der Waals surface area contributed by atoms with Gasteiger partial charge in [-0.3, -0.25) is 4.79 Å². The molecule has 0 radical (unpaired) electrons. The van der Waals surface area contributed by atoms with Crippen molar-refractivity contribution in [1.82, 2.24) is 0 Å². The van der Waals surface area contributed by atoms with Crippen molar-refractivity contribution >= 4 is 22.4 Å². The Morgan fingerprint density at radius 2 is 1.80 bits per heavy atom. The van der Waals surface area contributed by atoms with Crippen molar-refractivity contribution in [1.29, 1.82) is 5.26 Å². The molecule has 0 fully saturated rings. The van der Waals surface area contributed by atoms with Crippen LogP contribution >= 0.6 is 0 Å². The average molecular weight is 332 g/mol. The van der Waals surface area contributed by atoms with Gasteiger partial charge in [-0.2, -0.15) is 5.26 Å². The highest BCUT2D eigenvalue weighted by Gasteiger charge is 2.05. The van der Waals surface area contributed by atoms with Crippen LogP contribution in [0.25, 0.3) is 10.8 Å². The van der Waals surface area contributed by atoms with E-state index >= 15 is 0 Å². The fourth-order valence-electron chi connectivity index (χ4n) is 2.43. The molecule has 25 heavy (non-hydrogen) atoms. The molecular weight excluding hydrogens is 316 g/mol.